The van der Waals surface area contributed by atoms with Gasteiger partial charge in [0.05, 0.1) is 6.26 Å². The maximum absolute atomic E-state index is 5.56. The third-order valence-electron chi connectivity index (χ3n) is 3.88. The zero-order valence-electron chi connectivity index (χ0n) is 16.6. The summed E-state index contributed by atoms with van der Waals surface area (Å²) in [5, 5.41) is 6.68. The van der Waals surface area contributed by atoms with E-state index in [4.69, 9.17) is 9.15 Å². The summed E-state index contributed by atoms with van der Waals surface area (Å²) in [4.78, 5) is 6.50. The molecule has 0 amide bonds. The van der Waals surface area contributed by atoms with Crippen molar-refractivity contribution in [2.45, 2.75) is 45.1 Å². The van der Waals surface area contributed by atoms with Crippen molar-refractivity contribution in [1.29, 1.82) is 0 Å². The Labute approximate surface area is 176 Å². The third kappa shape index (κ3) is 14.4. The number of nitrogens with zero attached hydrogens (tertiary/aromatic N) is 2. The van der Waals surface area contributed by atoms with E-state index in [1.165, 1.54) is 38.6 Å². The lowest BCUT2D eigenvalue weighted by molar-refractivity contribution is 0.105. The molecule has 0 aromatic carbocycles. The highest BCUT2D eigenvalue weighted by Gasteiger charge is 1.98. The number of guanidine groups is 1. The predicted octanol–water partition coefficient (Wildman–Crippen LogP) is 3.48. The topological polar surface area (TPSA) is 62.0 Å². The van der Waals surface area contributed by atoms with Crippen molar-refractivity contribution < 1.29 is 9.15 Å². The van der Waals surface area contributed by atoms with Gasteiger partial charge in [0.15, 0.2) is 5.96 Å². The van der Waals surface area contributed by atoms with Crippen molar-refractivity contribution in [1.82, 2.24) is 15.5 Å². The van der Waals surface area contributed by atoms with E-state index in [0.29, 0.717) is 13.2 Å². The molecule has 7 heteroatoms. The van der Waals surface area contributed by atoms with Crippen LogP contribution in [0.3, 0.4) is 0 Å². The molecule has 1 aromatic rings. The number of halogens is 1. The first-order valence-electron chi connectivity index (χ1n) is 9.41. The van der Waals surface area contributed by atoms with Crippen LogP contribution < -0.4 is 10.6 Å². The van der Waals surface area contributed by atoms with Crippen LogP contribution in [0.5, 0.6) is 0 Å². The minimum Gasteiger partial charge on any atom is -0.467 e. The minimum atomic E-state index is 0. The smallest absolute Gasteiger partial charge is 0.190 e. The lowest BCUT2D eigenvalue weighted by atomic mass is 10.1. The van der Waals surface area contributed by atoms with Crippen LogP contribution in [0, 0.1) is 0 Å². The fourth-order valence-corrected chi connectivity index (χ4v) is 2.46. The Kier molecular flexibility index (Phi) is 17.1. The molecule has 1 rings (SSSR count). The van der Waals surface area contributed by atoms with E-state index in [0.717, 1.165) is 31.2 Å². The molecule has 6 nitrogen and oxygen atoms in total. The summed E-state index contributed by atoms with van der Waals surface area (Å²) in [6, 6.07) is 3.80. The molecule has 0 spiro atoms. The van der Waals surface area contributed by atoms with Gasteiger partial charge in [0.25, 0.3) is 0 Å². The van der Waals surface area contributed by atoms with Gasteiger partial charge >= 0.3 is 0 Å². The summed E-state index contributed by atoms with van der Waals surface area (Å²) in [7, 11) is 6.07. The van der Waals surface area contributed by atoms with Gasteiger partial charge < -0.3 is 24.7 Å². The van der Waals surface area contributed by atoms with E-state index in [2.05, 4.69) is 34.6 Å². The summed E-state index contributed by atoms with van der Waals surface area (Å²) in [6.07, 6.45) is 9.00. The van der Waals surface area contributed by atoms with Gasteiger partial charge in [0.2, 0.25) is 0 Å². The van der Waals surface area contributed by atoms with E-state index in [-0.39, 0.29) is 24.0 Å². The van der Waals surface area contributed by atoms with Gasteiger partial charge in [-0.05, 0) is 52.0 Å². The lowest BCUT2D eigenvalue weighted by Gasteiger charge is -2.12. The number of furan rings is 1. The van der Waals surface area contributed by atoms with Gasteiger partial charge in [-0.3, -0.25) is 4.99 Å². The number of hydrogen-bond acceptors (Lipinski definition) is 4. The molecule has 0 aliphatic rings. The molecule has 0 fully saturated rings. The molecule has 0 saturated carbocycles. The molecule has 0 atom stereocenters. The molecule has 26 heavy (non-hydrogen) atoms. The van der Waals surface area contributed by atoms with Gasteiger partial charge in [0, 0.05) is 26.7 Å². The normalized spacial score (nSPS) is 11.5. The van der Waals surface area contributed by atoms with Crippen LogP contribution in [0.1, 0.15) is 44.3 Å². The highest BCUT2D eigenvalue weighted by molar-refractivity contribution is 14.0. The molecule has 0 radical (unpaired) electrons. The zero-order chi connectivity index (χ0) is 18.2. The first-order valence-corrected chi connectivity index (χ1v) is 9.41. The van der Waals surface area contributed by atoms with Crippen LogP contribution in [0.2, 0.25) is 0 Å². The molecule has 2 N–H and O–H groups in total. The van der Waals surface area contributed by atoms with E-state index < -0.39 is 0 Å². The summed E-state index contributed by atoms with van der Waals surface area (Å²) in [6.45, 7) is 4.26. The van der Waals surface area contributed by atoms with Crippen molar-refractivity contribution in [2.75, 3.05) is 47.4 Å². The highest BCUT2D eigenvalue weighted by Crippen LogP contribution is 2.03. The van der Waals surface area contributed by atoms with Gasteiger partial charge in [-0.1, -0.05) is 19.3 Å². The maximum Gasteiger partial charge on any atom is 0.190 e. The Morgan fingerprint density at radius 1 is 1.08 bits per heavy atom. The molecular weight excluding hydrogens is 443 g/mol. The summed E-state index contributed by atoms with van der Waals surface area (Å²) < 4.78 is 10.8. The number of ether oxygens (including phenoxy) is 1. The second-order valence-corrected chi connectivity index (χ2v) is 6.48. The van der Waals surface area contributed by atoms with Gasteiger partial charge in [-0.25, -0.2) is 0 Å². The molecule has 0 bridgehead atoms. The van der Waals surface area contributed by atoms with Crippen LogP contribution in [-0.2, 0) is 11.3 Å². The quantitative estimate of drug-likeness (QED) is 0.185. The second-order valence-electron chi connectivity index (χ2n) is 6.48. The van der Waals surface area contributed by atoms with Gasteiger partial charge in [-0.15, -0.1) is 24.0 Å². The van der Waals surface area contributed by atoms with E-state index in [1.807, 2.05) is 19.2 Å². The number of nitrogens with one attached hydrogen (secondary N) is 2. The average Bonchev–Trinajstić information content (AvgIpc) is 3.11. The van der Waals surface area contributed by atoms with Crippen molar-refractivity contribution in [2.24, 2.45) is 4.99 Å². The van der Waals surface area contributed by atoms with Gasteiger partial charge in [0.1, 0.15) is 12.4 Å². The monoisotopic (exact) mass is 480 g/mol. The highest BCUT2D eigenvalue weighted by atomic mass is 127. The number of aliphatic imine (C=N–C) groups is 1. The van der Waals surface area contributed by atoms with E-state index in [9.17, 15) is 0 Å². The Bertz CT molecular complexity index is 439. The van der Waals surface area contributed by atoms with Crippen LogP contribution in [-0.4, -0.2) is 58.2 Å². The van der Waals surface area contributed by atoms with Gasteiger partial charge in [-0.2, -0.15) is 0 Å². The first-order chi connectivity index (χ1) is 12.2. The Morgan fingerprint density at radius 3 is 2.42 bits per heavy atom. The van der Waals surface area contributed by atoms with Crippen LogP contribution in [0.15, 0.2) is 27.8 Å². The molecule has 0 unspecified atom stereocenters. The van der Waals surface area contributed by atoms with Crippen molar-refractivity contribution in [3.63, 3.8) is 0 Å². The fraction of sp³-hybridized carbons (Fsp3) is 0.737. The molecule has 0 aliphatic carbocycles. The second kappa shape index (κ2) is 17.6. The van der Waals surface area contributed by atoms with Crippen molar-refractivity contribution >= 4 is 29.9 Å². The lowest BCUT2D eigenvalue weighted by Crippen LogP contribution is -2.38. The number of rotatable bonds is 14. The minimum absolute atomic E-state index is 0. The maximum atomic E-state index is 5.56. The summed E-state index contributed by atoms with van der Waals surface area (Å²) >= 11 is 0. The van der Waals surface area contributed by atoms with E-state index in [1.54, 1.807) is 6.26 Å². The fourth-order valence-electron chi connectivity index (χ4n) is 2.46. The Hall–Kier alpha value is -0.800. The SMILES string of the molecule is CN=C(NCCCCCCCN(C)C)NCCCOCc1ccco1.I. The Balaban J connectivity index is 0.00000625. The zero-order valence-corrected chi connectivity index (χ0v) is 19.0. The summed E-state index contributed by atoms with van der Waals surface area (Å²) in [5.74, 6) is 1.74. The molecule has 0 aliphatic heterocycles. The molecule has 152 valence electrons. The van der Waals surface area contributed by atoms with Crippen LogP contribution >= 0.6 is 24.0 Å². The number of unbranched alkanes of at least 4 members (excludes halogenated alkanes) is 4. The molecule has 1 aromatic heterocycles. The largest absolute Gasteiger partial charge is 0.467 e. The summed E-state index contributed by atoms with van der Waals surface area (Å²) in [5.41, 5.74) is 0. The Morgan fingerprint density at radius 2 is 1.77 bits per heavy atom. The van der Waals surface area contributed by atoms with E-state index >= 15 is 0 Å². The first kappa shape index (κ1) is 25.2. The predicted molar refractivity (Wildman–Crippen MR) is 119 cm³/mol. The number of hydrogen-bond donors (Lipinski definition) is 2. The average molecular weight is 480 g/mol. The molecular formula is C19H37IN4O2. The van der Waals surface area contributed by atoms with Crippen LogP contribution in [0.25, 0.3) is 0 Å². The molecule has 1 heterocycles. The van der Waals surface area contributed by atoms with Crippen LogP contribution in [0.4, 0.5) is 0 Å². The standard InChI is InChI=1S/C19H36N4O2.HI/c1-20-19(21-12-7-5-4-6-8-14-23(2)3)22-13-10-15-24-17-18-11-9-16-25-18;/h9,11,16H,4-8,10,12-15,17H2,1-3H3,(H2,20,21,22);1H. The van der Waals surface area contributed by atoms with Crippen molar-refractivity contribution in [3.05, 3.63) is 24.2 Å². The molecule has 0 saturated heterocycles. The third-order valence-corrected chi connectivity index (χ3v) is 3.88. The van der Waals surface area contributed by atoms with Crippen molar-refractivity contribution in [3.8, 4) is 0 Å².